The lowest BCUT2D eigenvalue weighted by molar-refractivity contribution is 0.512. The standard InChI is InChI=1S/C12H16BrNS/c1-9-12(6-7-15-9)14-8-10-4-2-3-5-11(10)13/h2-5,9,12,14H,6-8H2,1H3. The average molecular weight is 286 g/mol. The fraction of sp³-hybridized carbons (Fsp3) is 0.500. The second kappa shape index (κ2) is 5.37. The van der Waals surface area contributed by atoms with E-state index in [9.17, 15) is 0 Å². The lowest BCUT2D eigenvalue weighted by atomic mass is 10.1. The Morgan fingerprint density at radius 3 is 2.93 bits per heavy atom. The highest BCUT2D eigenvalue weighted by Crippen LogP contribution is 2.26. The van der Waals surface area contributed by atoms with Crippen LogP contribution in [0.25, 0.3) is 0 Å². The second-order valence-electron chi connectivity index (χ2n) is 3.94. The van der Waals surface area contributed by atoms with Gasteiger partial charge in [0.1, 0.15) is 0 Å². The summed E-state index contributed by atoms with van der Waals surface area (Å²) in [6.07, 6.45) is 1.30. The molecule has 1 fully saturated rings. The normalized spacial score (nSPS) is 25.7. The van der Waals surface area contributed by atoms with Crippen LogP contribution >= 0.6 is 27.7 Å². The molecule has 0 aliphatic carbocycles. The van der Waals surface area contributed by atoms with Crippen molar-refractivity contribution in [3.63, 3.8) is 0 Å². The van der Waals surface area contributed by atoms with Crippen LogP contribution in [0.3, 0.4) is 0 Å². The predicted molar refractivity (Wildman–Crippen MR) is 71.3 cm³/mol. The smallest absolute Gasteiger partial charge is 0.0220 e. The highest BCUT2D eigenvalue weighted by atomic mass is 79.9. The maximum Gasteiger partial charge on any atom is 0.0220 e. The summed E-state index contributed by atoms with van der Waals surface area (Å²) in [5.74, 6) is 1.30. The number of halogens is 1. The molecular formula is C12H16BrNS. The first-order valence-electron chi connectivity index (χ1n) is 5.36. The van der Waals surface area contributed by atoms with E-state index >= 15 is 0 Å². The molecule has 0 amide bonds. The molecule has 1 nitrogen and oxygen atoms in total. The largest absolute Gasteiger partial charge is 0.309 e. The molecule has 1 aromatic rings. The summed E-state index contributed by atoms with van der Waals surface area (Å²) in [7, 11) is 0. The fourth-order valence-corrected chi connectivity index (χ4v) is 3.53. The molecule has 0 saturated carbocycles. The zero-order valence-electron chi connectivity index (χ0n) is 8.87. The van der Waals surface area contributed by atoms with Crippen molar-refractivity contribution in [3.8, 4) is 0 Å². The lowest BCUT2D eigenvalue weighted by Gasteiger charge is -2.16. The van der Waals surface area contributed by atoms with Gasteiger partial charge in [-0.1, -0.05) is 41.1 Å². The molecule has 1 heterocycles. The van der Waals surface area contributed by atoms with Crippen LogP contribution in [0.1, 0.15) is 18.9 Å². The number of rotatable bonds is 3. The minimum Gasteiger partial charge on any atom is -0.309 e. The molecule has 0 bridgehead atoms. The van der Waals surface area contributed by atoms with Gasteiger partial charge in [-0.2, -0.15) is 11.8 Å². The first kappa shape index (κ1) is 11.5. The van der Waals surface area contributed by atoms with Gasteiger partial charge < -0.3 is 5.32 Å². The topological polar surface area (TPSA) is 12.0 Å². The maximum atomic E-state index is 3.64. The van der Waals surface area contributed by atoms with Gasteiger partial charge in [0.05, 0.1) is 0 Å². The van der Waals surface area contributed by atoms with Gasteiger partial charge in [0.15, 0.2) is 0 Å². The summed E-state index contributed by atoms with van der Waals surface area (Å²) < 4.78 is 1.20. The molecule has 3 heteroatoms. The Labute approximate surface area is 104 Å². The summed E-state index contributed by atoms with van der Waals surface area (Å²) in [4.78, 5) is 0. The van der Waals surface area contributed by atoms with Crippen LogP contribution < -0.4 is 5.32 Å². The van der Waals surface area contributed by atoms with E-state index in [1.165, 1.54) is 22.2 Å². The van der Waals surface area contributed by atoms with E-state index in [0.29, 0.717) is 6.04 Å². The minimum atomic E-state index is 0.683. The molecular weight excluding hydrogens is 270 g/mol. The van der Waals surface area contributed by atoms with Gasteiger partial charge >= 0.3 is 0 Å². The molecule has 1 aromatic carbocycles. The number of hydrogen-bond acceptors (Lipinski definition) is 2. The Balaban J connectivity index is 1.90. The van der Waals surface area contributed by atoms with Gasteiger partial charge in [0, 0.05) is 22.3 Å². The molecule has 0 aromatic heterocycles. The van der Waals surface area contributed by atoms with Crippen molar-refractivity contribution >= 4 is 27.7 Å². The highest BCUT2D eigenvalue weighted by Gasteiger charge is 2.23. The Bertz CT molecular complexity index is 329. The van der Waals surface area contributed by atoms with Gasteiger partial charge in [-0.05, 0) is 23.8 Å². The van der Waals surface area contributed by atoms with E-state index in [2.05, 4.69) is 64.2 Å². The lowest BCUT2D eigenvalue weighted by Crippen LogP contribution is -2.32. The van der Waals surface area contributed by atoms with E-state index in [-0.39, 0.29) is 0 Å². The summed E-state index contributed by atoms with van der Waals surface area (Å²) in [6, 6.07) is 9.10. The fourth-order valence-electron chi connectivity index (χ4n) is 1.88. The third kappa shape index (κ3) is 2.99. The monoisotopic (exact) mass is 285 g/mol. The molecule has 0 spiro atoms. The Kier molecular flexibility index (Phi) is 4.12. The third-order valence-electron chi connectivity index (χ3n) is 2.89. The second-order valence-corrected chi connectivity index (χ2v) is 6.28. The molecule has 1 aliphatic heterocycles. The summed E-state index contributed by atoms with van der Waals surface area (Å²) >= 11 is 5.65. The molecule has 2 unspecified atom stereocenters. The SMILES string of the molecule is CC1SCCC1NCc1ccccc1Br. The molecule has 2 atom stereocenters. The molecule has 1 aliphatic rings. The van der Waals surface area contributed by atoms with E-state index in [1.807, 2.05) is 0 Å². The zero-order valence-corrected chi connectivity index (χ0v) is 11.3. The summed E-state index contributed by atoms with van der Waals surface area (Å²) in [5, 5.41) is 4.39. The number of benzene rings is 1. The van der Waals surface area contributed by atoms with Crippen LogP contribution in [-0.2, 0) is 6.54 Å². The van der Waals surface area contributed by atoms with Crippen molar-refractivity contribution in [3.05, 3.63) is 34.3 Å². The first-order chi connectivity index (χ1) is 7.27. The van der Waals surface area contributed by atoms with Crippen LogP contribution in [0.15, 0.2) is 28.7 Å². The van der Waals surface area contributed by atoms with Gasteiger partial charge in [-0.25, -0.2) is 0 Å². The quantitative estimate of drug-likeness (QED) is 0.913. The zero-order chi connectivity index (χ0) is 10.7. The van der Waals surface area contributed by atoms with Gasteiger partial charge in [-0.15, -0.1) is 0 Å². The predicted octanol–water partition coefficient (Wildman–Crippen LogP) is 3.43. The number of hydrogen-bond donors (Lipinski definition) is 1. The molecule has 82 valence electrons. The van der Waals surface area contributed by atoms with Crippen LogP contribution in [0.2, 0.25) is 0 Å². The Hall–Kier alpha value is 0.01000. The Morgan fingerprint density at radius 2 is 2.27 bits per heavy atom. The number of thioether (sulfide) groups is 1. The van der Waals surface area contributed by atoms with Crippen LogP contribution in [-0.4, -0.2) is 17.0 Å². The van der Waals surface area contributed by atoms with Crippen molar-refractivity contribution in [2.75, 3.05) is 5.75 Å². The first-order valence-corrected chi connectivity index (χ1v) is 7.20. The van der Waals surface area contributed by atoms with Crippen LogP contribution in [0.4, 0.5) is 0 Å². The molecule has 2 rings (SSSR count). The number of nitrogens with one attached hydrogen (secondary N) is 1. The average Bonchev–Trinajstić information content (AvgIpc) is 2.63. The maximum absolute atomic E-state index is 3.64. The van der Waals surface area contributed by atoms with E-state index in [1.54, 1.807) is 0 Å². The van der Waals surface area contributed by atoms with Crippen molar-refractivity contribution in [1.82, 2.24) is 5.32 Å². The minimum absolute atomic E-state index is 0.683. The van der Waals surface area contributed by atoms with Gasteiger partial charge in [-0.3, -0.25) is 0 Å². The van der Waals surface area contributed by atoms with E-state index in [0.717, 1.165) is 11.8 Å². The van der Waals surface area contributed by atoms with E-state index < -0.39 is 0 Å². The van der Waals surface area contributed by atoms with Crippen molar-refractivity contribution in [2.45, 2.75) is 31.2 Å². The molecule has 1 saturated heterocycles. The highest BCUT2D eigenvalue weighted by molar-refractivity contribution is 9.10. The van der Waals surface area contributed by atoms with Gasteiger partial charge in [0.25, 0.3) is 0 Å². The van der Waals surface area contributed by atoms with Crippen molar-refractivity contribution in [2.24, 2.45) is 0 Å². The van der Waals surface area contributed by atoms with Crippen molar-refractivity contribution in [1.29, 1.82) is 0 Å². The third-order valence-corrected chi connectivity index (χ3v) is 4.99. The van der Waals surface area contributed by atoms with E-state index in [4.69, 9.17) is 0 Å². The van der Waals surface area contributed by atoms with Gasteiger partial charge in [0.2, 0.25) is 0 Å². The summed E-state index contributed by atoms with van der Waals surface area (Å²) in [5.41, 5.74) is 1.35. The summed E-state index contributed by atoms with van der Waals surface area (Å²) in [6.45, 7) is 3.28. The molecule has 15 heavy (non-hydrogen) atoms. The molecule has 0 radical (unpaired) electrons. The molecule has 1 N–H and O–H groups in total. The van der Waals surface area contributed by atoms with Crippen molar-refractivity contribution < 1.29 is 0 Å². The Morgan fingerprint density at radius 1 is 1.47 bits per heavy atom. The van der Waals surface area contributed by atoms with Crippen LogP contribution in [0.5, 0.6) is 0 Å². The van der Waals surface area contributed by atoms with Crippen LogP contribution in [0, 0.1) is 0 Å².